The highest BCUT2D eigenvalue weighted by Crippen LogP contribution is 2.25. The Morgan fingerprint density at radius 3 is 2.76 bits per heavy atom. The minimum Gasteiger partial charge on any atom is -0.392 e. The molecule has 0 atom stereocenters. The average molecular weight is 348 g/mol. The molecule has 0 unspecified atom stereocenters. The van der Waals surface area contributed by atoms with Crippen LogP contribution in [0.2, 0.25) is 0 Å². The van der Waals surface area contributed by atoms with Gasteiger partial charge in [0.05, 0.1) is 29.0 Å². The number of rotatable bonds is 4. The maximum atomic E-state index is 9.31. The molecule has 0 saturated carbocycles. The lowest BCUT2D eigenvalue weighted by Crippen LogP contribution is -2.05. The summed E-state index contributed by atoms with van der Waals surface area (Å²) >= 11 is 3.66. The molecule has 0 aliphatic heterocycles. The number of hydrogen-bond donors (Lipinski definition) is 1. The van der Waals surface area contributed by atoms with Crippen LogP contribution in [0.5, 0.6) is 0 Å². The van der Waals surface area contributed by atoms with Crippen molar-refractivity contribution in [3.63, 3.8) is 0 Å². The van der Waals surface area contributed by atoms with E-state index in [2.05, 4.69) is 44.8 Å². The summed E-state index contributed by atoms with van der Waals surface area (Å²) in [5, 5.41) is 15.0. The zero-order valence-electron chi connectivity index (χ0n) is 12.2. The number of aryl methyl sites for hydroxylation is 2. The largest absolute Gasteiger partial charge is 0.392 e. The van der Waals surface area contributed by atoms with Crippen molar-refractivity contribution < 1.29 is 5.11 Å². The van der Waals surface area contributed by atoms with E-state index < -0.39 is 0 Å². The van der Waals surface area contributed by atoms with Gasteiger partial charge in [0.1, 0.15) is 0 Å². The van der Waals surface area contributed by atoms with E-state index in [1.165, 1.54) is 5.39 Å². The quantitative estimate of drug-likeness (QED) is 0.787. The van der Waals surface area contributed by atoms with Crippen molar-refractivity contribution in [1.82, 2.24) is 14.3 Å². The van der Waals surface area contributed by atoms with Crippen LogP contribution in [0.1, 0.15) is 23.9 Å². The van der Waals surface area contributed by atoms with Crippen molar-refractivity contribution in [3.05, 3.63) is 51.9 Å². The summed E-state index contributed by atoms with van der Waals surface area (Å²) < 4.78 is 5.22. The normalized spacial score (nSPS) is 11.4. The molecule has 3 rings (SSSR count). The maximum absolute atomic E-state index is 9.31. The number of benzene rings is 1. The smallest absolute Gasteiger partial charge is 0.0767 e. The van der Waals surface area contributed by atoms with Crippen LogP contribution in [0.25, 0.3) is 10.9 Å². The highest BCUT2D eigenvalue weighted by Gasteiger charge is 2.13. The molecule has 0 radical (unpaired) electrons. The third-order valence-corrected chi connectivity index (χ3v) is 4.76. The second kappa shape index (κ2) is 5.66. The van der Waals surface area contributed by atoms with Gasteiger partial charge in [0.15, 0.2) is 0 Å². The van der Waals surface area contributed by atoms with Crippen LogP contribution in [0.15, 0.2) is 34.9 Å². The summed E-state index contributed by atoms with van der Waals surface area (Å²) in [6.07, 6.45) is 2.99. The van der Waals surface area contributed by atoms with Gasteiger partial charge in [-0.2, -0.15) is 5.10 Å². The van der Waals surface area contributed by atoms with Crippen LogP contribution in [-0.4, -0.2) is 19.5 Å². The molecule has 2 heterocycles. The van der Waals surface area contributed by atoms with Crippen LogP contribution in [0.4, 0.5) is 0 Å². The Labute approximate surface area is 132 Å². The molecular weight excluding hydrogens is 330 g/mol. The molecular formula is C16H18BrN3O. The van der Waals surface area contributed by atoms with E-state index in [0.717, 1.165) is 39.9 Å². The van der Waals surface area contributed by atoms with Crippen molar-refractivity contribution in [2.24, 2.45) is 7.05 Å². The third-order valence-electron chi connectivity index (χ3n) is 3.84. The van der Waals surface area contributed by atoms with E-state index in [1.807, 2.05) is 29.9 Å². The molecule has 0 spiro atoms. The van der Waals surface area contributed by atoms with Gasteiger partial charge in [-0.1, -0.05) is 19.1 Å². The van der Waals surface area contributed by atoms with Crippen LogP contribution in [0.3, 0.4) is 0 Å². The molecule has 1 N–H and O–H groups in total. The van der Waals surface area contributed by atoms with Crippen molar-refractivity contribution in [2.45, 2.75) is 26.5 Å². The van der Waals surface area contributed by atoms with Crippen LogP contribution in [-0.2, 0) is 26.6 Å². The molecule has 4 nitrogen and oxygen atoms in total. The van der Waals surface area contributed by atoms with Crippen molar-refractivity contribution in [1.29, 1.82) is 0 Å². The first-order valence-electron chi connectivity index (χ1n) is 7.03. The number of aromatic nitrogens is 3. The molecule has 0 saturated heterocycles. The molecule has 1 aromatic carbocycles. The van der Waals surface area contributed by atoms with Gasteiger partial charge in [0, 0.05) is 18.8 Å². The number of fused-ring (bicyclic) bond motifs is 1. The Balaban J connectivity index is 2.04. The summed E-state index contributed by atoms with van der Waals surface area (Å²) in [6, 6.07) is 8.15. The Morgan fingerprint density at radius 2 is 2.10 bits per heavy atom. The lowest BCUT2D eigenvalue weighted by Gasteiger charge is -2.08. The lowest BCUT2D eigenvalue weighted by molar-refractivity contribution is 0.282. The Morgan fingerprint density at radius 1 is 1.29 bits per heavy atom. The molecule has 0 bridgehead atoms. The van der Waals surface area contributed by atoms with Gasteiger partial charge in [-0.05, 0) is 45.4 Å². The highest BCUT2D eigenvalue weighted by molar-refractivity contribution is 9.10. The molecule has 5 heteroatoms. The standard InChI is InChI=1S/C16H18BrN3O/c1-3-13-16(17)15(19(2)18-13)9-20-7-6-12-5-4-11(10-21)8-14(12)20/h4-8,21H,3,9-10H2,1-2H3. The SMILES string of the molecule is CCc1nn(C)c(Cn2ccc3ccc(CO)cc32)c1Br. The molecule has 3 aromatic rings. The van der Waals surface area contributed by atoms with E-state index in [4.69, 9.17) is 0 Å². The summed E-state index contributed by atoms with van der Waals surface area (Å²) in [7, 11) is 1.98. The van der Waals surface area contributed by atoms with E-state index in [1.54, 1.807) is 0 Å². The van der Waals surface area contributed by atoms with Crippen molar-refractivity contribution in [2.75, 3.05) is 0 Å². The second-order valence-electron chi connectivity index (χ2n) is 5.18. The van der Waals surface area contributed by atoms with E-state index in [0.29, 0.717) is 0 Å². The highest BCUT2D eigenvalue weighted by atomic mass is 79.9. The minimum atomic E-state index is 0.0660. The first kappa shape index (κ1) is 14.4. The van der Waals surface area contributed by atoms with Gasteiger partial charge in [-0.25, -0.2) is 0 Å². The zero-order valence-corrected chi connectivity index (χ0v) is 13.8. The maximum Gasteiger partial charge on any atom is 0.0767 e. The Hall–Kier alpha value is -1.59. The van der Waals surface area contributed by atoms with Crippen molar-refractivity contribution in [3.8, 4) is 0 Å². The average Bonchev–Trinajstić information content (AvgIpc) is 3.02. The molecule has 0 fully saturated rings. The van der Waals surface area contributed by atoms with Gasteiger partial charge >= 0.3 is 0 Å². The van der Waals surface area contributed by atoms with Gasteiger partial charge in [0.25, 0.3) is 0 Å². The number of nitrogens with zero attached hydrogens (tertiary/aromatic N) is 3. The van der Waals surface area contributed by atoms with Crippen molar-refractivity contribution >= 4 is 26.8 Å². The van der Waals surface area contributed by atoms with Crippen LogP contribution >= 0.6 is 15.9 Å². The van der Waals surface area contributed by atoms with E-state index >= 15 is 0 Å². The molecule has 2 aromatic heterocycles. The number of halogens is 1. The van der Waals surface area contributed by atoms with Gasteiger partial charge < -0.3 is 9.67 Å². The number of aliphatic hydroxyl groups is 1. The molecule has 0 amide bonds. The summed E-state index contributed by atoms with van der Waals surface area (Å²) in [5.74, 6) is 0. The molecule has 110 valence electrons. The van der Waals surface area contributed by atoms with E-state index in [9.17, 15) is 5.11 Å². The first-order chi connectivity index (χ1) is 10.1. The van der Waals surface area contributed by atoms with Gasteiger partial charge in [-0.15, -0.1) is 0 Å². The zero-order chi connectivity index (χ0) is 15.0. The summed E-state index contributed by atoms with van der Waals surface area (Å²) in [6.45, 7) is 2.93. The molecule has 21 heavy (non-hydrogen) atoms. The minimum absolute atomic E-state index is 0.0660. The second-order valence-corrected chi connectivity index (χ2v) is 5.97. The fourth-order valence-electron chi connectivity index (χ4n) is 2.62. The monoisotopic (exact) mass is 347 g/mol. The Kier molecular flexibility index (Phi) is 3.87. The van der Waals surface area contributed by atoms with Gasteiger partial charge in [0.2, 0.25) is 0 Å². The van der Waals surface area contributed by atoms with Crippen LogP contribution in [0, 0.1) is 0 Å². The van der Waals surface area contributed by atoms with Crippen LogP contribution < -0.4 is 0 Å². The summed E-state index contributed by atoms with van der Waals surface area (Å²) in [4.78, 5) is 0. The van der Waals surface area contributed by atoms with E-state index in [-0.39, 0.29) is 6.61 Å². The van der Waals surface area contributed by atoms with Gasteiger partial charge in [-0.3, -0.25) is 4.68 Å². The third kappa shape index (κ3) is 2.51. The lowest BCUT2D eigenvalue weighted by atomic mass is 10.2. The predicted molar refractivity (Wildman–Crippen MR) is 87.2 cm³/mol. The first-order valence-corrected chi connectivity index (χ1v) is 7.82. The fraction of sp³-hybridized carbons (Fsp3) is 0.312. The Bertz CT molecular complexity index is 788. The molecule has 0 aliphatic carbocycles. The summed E-state index contributed by atoms with van der Waals surface area (Å²) in [5.41, 5.74) is 4.30. The number of hydrogen-bond acceptors (Lipinski definition) is 2. The number of aliphatic hydroxyl groups excluding tert-OH is 1. The fourth-order valence-corrected chi connectivity index (χ4v) is 3.36. The topological polar surface area (TPSA) is 43.0 Å². The predicted octanol–water partition coefficient (Wildman–Crippen LogP) is 3.24. The molecule has 0 aliphatic rings.